The molecule has 1 fully saturated rings. The maximum Gasteiger partial charge on any atom is 0.251 e. The zero-order valence-electron chi connectivity index (χ0n) is 10.7. The Balaban J connectivity index is 2.02. The summed E-state index contributed by atoms with van der Waals surface area (Å²) in [6.45, 7) is 1.90. The van der Waals surface area contributed by atoms with E-state index in [4.69, 9.17) is 0 Å². The second kappa shape index (κ2) is 6.32. The van der Waals surface area contributed by atoms with Crippen molar-refractivity contribution in [2.45, 2.75) is 38.6 Å². The van der Waals surface area contributed by atoms with Crippen LogP contribution < -0.4 is 5.32 Å². The SMILES string of the molecule is Cc1cc(C(=O)NC2CCCCC2CBr)ccn1. The molecule has 4 heteroatoms. The maximum atomic E-state index is 12.2. The minimum atomic E-state index is 0.0263. The van der Waals surface area contributed by atoms with E-state index >= 15 is 0 Å². The molecule has 1 aliphatic rings. The largest absolute Gasteiger partial charge is 0.349 e. The summed E-state index contributed by atoms with van der Waals surface area (Å²) in [5, 5.41) is 4.13. The number of nitrogens with one attached hydrogen (secondary N) is 1. The van der Waals surface area contributed by atoms with Gasteiger partial charge in [0.15, 0.2) is 0 Å². The second-order valence-corrected chi connectivity index (χ2v) is 5.61. The number of halogens is 1. The lowest BCUT2D eigenvalue weighted by atomic mass is 9.86. The van der Waals surface area contributed by atoms with Crippen molar-refractivity contribution in [1.82, 2.24) is 10.3 Å². The number of aromatic nitrogens is 1. The van der Waals surface area contributed by atoms with Gasteiger partial charge in [-0.15, -0.1) is 0 Å². The fourth-order valence-electron chi connectivity index (χ4n) is 2.52. The minimum absolute atomic E-state index is 0.0263. The van der Waals surface area contributed by atoms with E-state index in [0.29, 0.717) is 17.5 Å². The van der Waals surface area contributed by atoms with Gasteiger partial charge in [0.25, 0.3) is 5.91 Å². The number of amides is 1. The fourth-order valence-corrected chi connectivity index (χ4v) is 3.30. The molecule has 0 bridgehead atoms. The molecule has 18 heavy (non-hydrogen) atoms. The van der Waals surface area contributed by atoms with Crippen LogP contribution in [0.3, 0.4) is 0 Å². The summed E-state index contributed by atoms with van der Waals surface area (Å²) in [6, 6.07) is 3.91. The van der Waals surface area contributed by atoms with E-state index in [1.165, 1.54) is 19.3 Å². The molecular weight excluding hydrogens is 292 g/mol. The highest BCUT2D eigenvalue weighted by atomic mass is 79.9. The predicted molar refractivity (Wildman–Crippen MR) is 76.0 cm³/mol. The smallest absolute Gasteiger partial charge is 0.251 e. The summed E-state index contributed by atoms with van der Waals surface area (Å²) in [7, 11) is 0. The first kappa shape index (κ1) is 13.5. The van der Waals surface area contributed by atoms with E-state index in [9.17, 15) is 4.79 Å². The zero-order chi connectivity index (χ0) is 13.0. The molecule has 0 aromatic carbocycles. The van der Waals surface area contributed by atoms with Crippen LogP contribution in [0.4, 0.5) is 0 Å². The number of nitrogens with zero attached hydrogens (tertiary/aromatic N) is 1. The molecule has 0 spiro atoms. The van der Waals surface area contributed by atoms with Crippen LogP contribution in [0.1, 0.15) is 41.7 Å². The van der Waals surface area contributed by atoms with Gasteiger partial charge in [0.05, 0.1) is 0 Å². The number of carbonyl (C=O) groups is 1. The lowest BCUT2D eigenvalue weighted by Crippen LogP contribution is -2.42. The average Bonchev–Trinajstić information content (AvgIpc) is 2.39. The van der Waals surface area contributed by atoms with Gasteiger partial charge in [-0.1, -0.05) is 28.8 Å². The average molecular weight is 311 g/mol. The van der Waals surface area contributed by atoms with Gasteiger partial charge in [0.1, 0.15) is 0 Å². The molecule has 2 rings (SSSR count). The lowest BCUT2D eigenvalue weighted by Gasteiger charge is -2.31. The number of carbonyl (C=O) groups excluding carboxylic acids is 1. The highest BCUT2D eigenvalue weighted by Gasteiger charge is 2.25. The minimum Gasteiger partial charge on any atom is -0.349 e. The molecule has 0 radical (unpaired) electrons. The summed E-state index contributed by atoms with van der Waals surface area (Å²) < 4.78 is 0. The van der Waals surface area contributed by atoms with Crippen LogP contribution in [0.25, 0.3) is 0 Å². The summed E-state index contributed by atoms with van der Waals surface area (Å²) in [5.74, 6) is 0.587. The van der Waals surface area contributed by atoms with E-state index in [1.807, 2.05) is 13.0 Å². The first-order chi connectivity index (χ1) is 8.70. The number of aryl methyl sites for hydroxylation is 1. The molecule has 1 aromatic heterocycles. The van der Waals surface area contributed by atoms with Gasteiger partial charge < -0.3 is 5.32 Å². The van der Waals surface area contributed by atoms with Crippen molar-refractivity contribution in [3.8, 4) is 0 Å². The van der Waals surface area contributed by atoms with E-state index in [0.717, 1.165) is 17.4 Å². The van der Waals surface area contributed by atoms with Crippen molar-refractivity contribution < 1.29 is 4.79 Å². The van der Waals surface area contributed by atoms with Gasteiger partial charge in [-0.2, -0.15) is 0 Å². The van der Waals surface area contributed by atoms with Crippen molar-refractivity contribution in [2.75, 3.05) is 5.33 Å². The molecule has 0 aliphatic heterocycles. The van der Waals surface area contributed by atoms with Gasteiger partial charge in [0.2, 0.25) is 0 Å². The van der Waals surface area contributed by atoms with Crippen molar-refractivity contribution in [2.24, 2.45) is 5.92 Å². The van der Waals surface area contributed by atoms with Crippen molar-refractivity contribution in [3.63, 3.8) is 0 Å². The quantitative estimate of drug-likeness (QED) is 0.872. The Morgan fingerprint density at radius 2 is 2.28 bits per heavy atom. The Bertz CT molecular complexity index is 422. The van der Waals surface area contributed by atoms with Gasteiger partial charge in [0, 0.05) is 28.8 Å². The standard InChI is InChI=1S/C14H19BrN2O/c1-10-8-11(6-7-16-10)14(18)17-13-5-3-2-4-12(13)9-15/h6-8,12-13H,2-5,9H2,1H3,(H,17,18). The van der Waals surface area contributed by atoms with Crippen LogP contribution >= 0.6 is 15.9 Å². The Hall–Kier alpha value is -0.900. The van der Waals surface area contributed by atoms with E-state index in [1.54, 1.807) is 12.3 Å². The van der Waals surface area contributed by atoms with Gasteiger partial charge in [-0.3, -0.25) is 9.78 Å². The van der Waals surface area contributed by atoms with Crippen LogP contribution in [0, 0.1) is 12.8 Å². The molecular formula is C14H19BrN2O. The number of pyridine rings is 1. The fraction of sp³-hybridized carbons (Fsp3) is 0.571. The van der Waals surface area contributed by atoms with Gasteiger partial charge >= 0.3 is 0 Å². The number of alkyl halides is 1. The van der Waals surface area contributed by atoms with Crippen LogP contribution in [0.5, 0.6) is 0 Å². The van der Waals surface area contributed by atoms with E-state index < -0.39 is 0 Å². The van der Waals surface area contributed by atoms with E-state index in [-0.39, 0.29) is 5.91 Å². The van der Waals surface area contributed by atoms with Crippen LogP contribution in [0.2, 0.25) is 0 Å². The molecule has 1 heterocycles. The van der Waals surface area contributed by atoms with Crippen molar-refractivity contribution >= 4 is 21.8 Å². The van der Waals surface area contributed by atoms with Gasteiger partial charge in [-0.05, 0) is 37.8 Å². The summed E-state index contributed by atoms with van der Waals surface area (Å²) >= 11 is 3.55. The number of hydrogen-bond donors (Lipinski definition) is 1. The molecule has 2 atom stereocenters. The zero-order valence-corrected chi connectivity index (χ0v) is 12.2. The number of hydrogen-bond acceptors (Lipinski definition) is 2. The predicted octanol–water partition coefficient (Wildman–Crippen LogP) is 3.07. The normalized spacial score (nSPS) is 23.7. The molecule has 1 aromatic rings. The third kappa shape index (κ3) is 3.31. The molecule has 2 unspecified atom stereocenters. The lowest BCUT2D eigenvalue weighted by molar-refractivity contribution is 0.0911. The van der Waals surface area contributed by atoms with E-state index in [2.05, 4.69) is 26.2 Å². The third-order valence-corrected chi connectivity index (χ3v) is 4.41. The second-order valence-electron chi connectivity index (χ2n) is 4.96. The highest BCUT2D eigenvalue weighted by Crippen LogP contribution is 2.26. The molecule has 1 saturated carbocycles. The van der Waals surface area contributed by atoms with Crippen molar-refractivity contribution in [3.05, 3.63) is 29.6 Å². The molecule has 3 nitrogen and oxygen atoms in total. The van der Waals surface area contributed by atoms with Crippen molar-refractivity contribution in [1.29, 1.82) is 0 Å². The monoisotopic (exact) mass is 310 g/mol. The molecule has 1 amide bonds. The molecule has 98 valence electrons. The Labute approximate surface area is 117 Å². The first-order valence-electron chi connectivity index (χ1n) is 6.50. The molecule has 1 N–H and O–H groups in total. The first-order valence-corrected chi connectivity index (χ1v) is 7.62. The summed E-state index contributed by atoms with van der Waals surface area (Å²) in [4.78, 5) is 16.3. The Morgan fingerprint density at radius 1 is 1.50 bits per heavy atom. The van der Waals surface area contributed by atoms with Crippen LogP contribution in [0.15, 0.2) is 18.3 Å². The molecule has 1 aliphatic carbocycles. The Kier molecular flexibility index (Phi) is 4.75. The Morgan fingerprint density at radius 3 is 3.00 bits per heavy atom. The topological polar surface area (TPSA) is 42.0 Å². The highest BCUT2D eigenvalue weighted by molar-refractivity contribution is 9.09. The van der Waals surface area contributed by atoms with Gasteiger partial charge in [-0.25, -0.2) is 0 Å². The molecule has 0 saturated heterocycles. The third-order valence-electron chi connectivity index (χ3n) is 3.58. The number of rotatable bonds is 3. The van der Waals surface area contributed by atoms with Crippen LogP contribution in [-0.2, 0) is 0 Å². The summed E-state index contributed by atoms with van der Waals surface area (Å²) in [6.07, 6.45) is 6.46. The summed E-state index contributed by atoms with van der Waals surface area (Å²) in [5.41, 5.74) is 1.59. The van der Waals surface area contributed by atoms with Crippen LogP contribution in [-0.4, -0.2) is 22.3 Å². The maximum absolute atomic E-state index is 12.2.